The third kappa shape index (κ3) is 2.29. The minimum atomic E-state index is 0.0448. The normalized spacial score (nSPS) is 10.7. The molecular formula is C14H18N2O3. The highest BCUT2D eigenvalue weighted by atomic mass is 16.5. The lowest BCUT2D eigenvalue weighted by Crippen LogP contribution is -2.18. The van der Waals surface area contributed by atoms with Gasteiger partial charge in [-0.15, -0.1) is 0 Å². The molecule has 0 radical (unpaired) electrons. The van der Waals surface area contributed by atoms with Crippen LogP contribution in [0.25, 0.3) is 10.9 Å². The number of nitrogens with zero attached hydrogens (tertiary/aromatic N) is 1. The summed E-state index contributed by atoms with van der Waals surface area (Å²) in [4.78, 5) is 12.1. The fraction of sp³-hybridized carbons (Fsp3) is 0.357. The summed E-state index contributed by atoms with van der Waals surface area (Å²) in [5.74, 6) is 1.41. The first-order chi connectivity index (χ1) is 9.12. The molecule has 1 N–H and O–H groups in total. The van der Waals surface area contributed by atoms with Crippen molar-refractivity contribution in [2.45, 2.75) is 0 Å². The van der Waals surface area contributed by atoms with Gasteiger partial charge in [-0.25, -0.2) is 0 Å². The molecule has 1 aromatic heterocycles. The molecule has 102 valence electrons. The van der Waals surface area contributed by atoms with Gasteiger partial charge in [0.1, 0.15) is 11.5 Å². The lowest BCUT2D eigenvalue weighted by Gasteiger charge is -2.08. The fourth-order valence-corrected chi connectivity index (χ4v) is 2.23. The number of likely N-dealkylation sites (N-methyl/N-ethyl adjacent to an activating group) is 1. The Morgan fingerprint density at radius 1 is 1.32 bits per heavy atom. The number of carbonyl (C=O) groups is 1. The van der Waals surface area contributed by atoms with Crippen LogP contribution in [0, 0.1) is 0 Å². The molecule has 0 aliphatic heterocycles. The van der Waals surface area contributed by atoms with E-state index in [1.165, 1.54) is 0 Å². The van der Waals surface area contributed by atoms with Gasteiger partial charge >= 0.3 is 0 Å². The van der Waals surface area contributed by atoms with Gasteiger partial charge in [-0.05, 0) is 13.1 Å². The topological polar surface area (TPSA) is 52.5 Å². The maximum Gasteiger partial charge on any atom is 0.178 e. The lowest BCUT2D eigenvalue weighted by molar-refractivity contribution is 0.0995. The molecule has 0 spiro atoms. The number of hydrogen-bond acceptors (Lipinski definition) is 4. The van der Waals surface area contributed by atoms with Crippen LogP contribution in [0.3, 0.4) is 0 Å². The van der Waals surface area contributed by atoms with Gasteiger partial charge in [0.25, 0.3) is 0 Å². The second-order valence-electron chi connectivity index (χ2n) is 4.33. The molecule has 0 atom stereocenters. The molecule has 0 fully saturated rings. The Balaban J connectivity index is 2.70. The summed E-state index contributed by atoms with van der Waals surface area (Å²) in [6, 6.07) is 3.68. The number of rotatable bonds is 5. The molecule has 0 aliphatic rings. The number of hydrogen-bond donors (Lipinski definition) is 1. The SMILES string of the molecule is CNCC(=O)c1cn(C)c2c(OC)cc(OC)cc12. The van der Waals surface area contributed by atoms with Gasteiger partial charge in [0.15, 0.2) is 5.78 Å². The Morgan fingerprint density at radius 2 is 2.05 bits per heavy atom. The van der Waals surface area contributed by atoms with Crippen LogP contribution in [-0.4, -0.2) is 38.2 Å². The molecule has 1 heterocycles. The summed E-state index contributed by atoms with van der Waals surface area (Å²) in [6.45, 7) is 0.304. The van der Waals surface area contributed by atoms with Gasteiger partial charge in [0, 0.05) is 30.3 Å². The molecule has 2 rings (SSSR count). The number of carbonyl (C=O) groups excluding carboxylic acids is 1. The summed E-state index contributed by atoms with van der Waals surface area (Å²) < 4.78 is 12.5. The Labute approximate surface area is 112 Å². The van der Waals surface area contributed by atoms with Gasteiger partial charge in [0.05, 0.1) is 26.3 Å². The number of methoxy groups -OCH3 is 2. The largest absolute Gasteiger partial charge is 0.497 e. The molecule has 5 nitrogen and oxygen atoms in total. The average molecular weight is 262 g/mol. The first-order valence-electron chi connectivity index (χ1n) is 6.01. The predicted molar refractivity (Wildman–Crippen MR) is 74.3 cm³/mol. The maximum absolute atomic E-state index is 12.1. The zero-order chi connectivity index (χ0) is 14.0. The minimum Gasteiger partial charge on any atom is -0.497 e. The molecule has 0 saturated heterocycles. The van der Waals surface area contributed by atoms with E-state index in [1.807, 2.05) is 29.9 Å². The van der Waals surface area contributed by atoms with Crippen molar-refractivity contribution >= 4 is 16.7 Å². The van der Waals surface area contributed by atoms with E-state index in [9.17, 15) is 4.79 Å². The van der Waals surface area contributed by atoms with Crippen LogP contribution in [-0.2, 0) is 7.05 Å². The second-order valence-corrected chi connectivity index (χ2v) is 4.33. The van der Waals surface area contributed by atoms with Crippen molar-refractivity contribution in [1.82, 2.24) is 9.88 Å². The van der Waals surface area contributed by atoms with Gasteiger partial charge in [-0.3, -0.25) is 4.79 Å². The van der Waals surface area contributed by atoms with Crippen molar-refractivity contribution in [3.63, 3.8) is 0 Å². The summed E-state index contributed by atoms with van der Waals surface area (Å²) in [7, 11) is 6.85. The first kappa shape index (κ1) is 13.4. The number of aromatic nitrogens is 1. The number of fused-ring (bicyclic) bond motifs is 1. The smallest absolute Gasteiger partial charge is 0.178 e. The molecule has 0 amide bonds. The third-order valence-electron chi connectivity index (χ3n) is 3.11. The molecule has 0 bridgehead atoms. The Kier molecular flexibility index (Phi) is 3.76. The monoisotopic (exact) mass is 262 g/mol. The standard InChI is InChI=1S/C14H18N2O3/c1-15-7-12(17)11-8-16(2)14-10(11)5-9(18-3)6-13(14)19-4/h5-6,8,15H,7H2,1-4H3. The van der Waals surface area contributed by atoms with Crippen LogP contribution >= 0.6 is 0 Å². The highest BCUT2D eigenvalue weighted by Crippen LogP contribution is 2.34. The van der Waals surface area contributed by atoms with Gasteiger partial charge < -0.3 is 19.4 Å². The molecule has 0 aliphatic carbocycles. The van der Waals surface area contributed by atoms with Gasteiger partial charge in [0.2, 0.25) is 0 Å². The quantitative estimate of drug-likeness (QED) is 0.832. The first-order valence-corrected chi connectivity index (χ1v) is 6.01. The summed E-state index contributed by atoms with van der Waals surface area (Å²) >= 11 is 0. The van der Waals surface area contributed by atoms with Gasteiger partial charge in [-0.2, -0.15) is 0 Å². The third-order valence-corrected chi connectivity index (χ3v) is 3.11. The van der Waals surface area contributed by atoms with Crippen LogP contribution in [0.5, 0.6) is 11.5 Å². The van der Waals surface area contributed by atoms with E-state index in [-0.39, 0.29) is 5.78 Å². The van der Waals surface area contributed by atoms with E-state index in [0.29, 0.717) is 23.6 Å². The van der Waals surface area contributed by atoms with Crippen LogP contribution in [0.1, 0.15) is 10.4 Å². The van der Waals surface area contributed by atoms with E-state index in [4.69, 9.17) is 9.47 Å². The van der Waals surface area contributed by atoms with E-state index >= 15 is 0 Å². The maximum atomic E-state index is 12.1. The molecule has 0 unspecified atom stereocenters. The molecule has 2 aromatic rings. The number of Topliss-reactive ketones (excluding diaryl/α,β-unsaturated/α-hetero) is 1. The van der Waals surface area contributed by atoms with Crippen LogP contribution < -0.4 is 14.8 Å². The van der Waals surface area contributed by atoms with Gasteiger partial charge in [-0.1, -0.05) is 0 Å². The molecule has 0 saturated carbocycles. The summed E-state index contributed by atoms with van der Waals surface area (Å²) in [5, 5.41) is 3.72. The van der Waals surface area contributed by atoms with Crippen LogP contribution in [0.2, 0.25) is 0 Å². The van der Waals surface area contributed by atoms with Crippen molar-refractivity contribution < 1.29 is 14.3 Å². The summed E-state index contributed by atoms with van der Waals surface area (Å²) in [6.07, 6.45) is 1.83. The van der Waals surface area contributed by atoms with E-state index in [2.05, 4.69) is 5.32 Å². The van der Waals surface area contributed by atoms with Crippen molar-refractivity contribution in [1.29, 1.82) is 0 Å². The summed E-state index contributed by atoms with van der Waals surface area (Å²) in [5.41, 5.74) is 1.56. The molecular weight excluding hydrogens is 244 g/mol. The van der Waals surface area contributed by atoms with E-state index in [1.54, 1.807) is 21.3 Å². The fourth-order valence-electron chi connectivity index (χ4n) is 2.23. The highest BCUT2D eigenvalue weighted by molar-refractivity contribution is 6.10. The minimum absolute atomic E-state index is 0.0448. The van der Waals surface area contributed by atoms with Crippen LogP contribution in [0.4, 0.5) is 0 Å². The number of nitrogens with one attached hydrogen (secondary N) is 1. The number of ketones is 1. The van der Waals surface area contributed by atoms with Crippen molar-refractivity contribution in [3.8, 4) is 11.5 Å². The zero-order valence-electron chi connectivity index (χ0n) is 11.6. The van der Waals surface area contributed by atoms with Crippen molar-refractivity contribution in [3.05, 3.63) is 23.9 Å². The van der Waals surface area contributed by atoms with E-state index in [0.717, 1.165) is 10.9 Å². The average Bonchev–Trinajstić information content (AvgIpc) is 2.75. The Morgan fingerprint density at radius 3 is 2.63 bits per heavy atom. The highest BCUT2D eigenvalue weighted by Gasteiger charge is 2.17. The Bertz CT molecular complexity index is 617. The number of benzene rings is 1. The van der Waals surface area contributed by atoms with E-state index < -0.39 is 0 Å². The number of ether oxygens (including phenoxy) is 2. The number of aryl methyl sites for hydroxylation is 1. The predicted octanol–water partition coefficient (Wildman–Crippen LogP) is 1.60. The van der Waals surface area contributed by atoms with Crippen molar-refractivity contribution in [2.75, 3.05) is 27.8 Å². The second kappa shape index (κ2) is 5.32. The molecule has 1 aromatic carbocycles. The molecule has 5 heteroatoms. The lowest BCUT2D eigenvalue weighted by atomic mass is 10.1. The van der Waals surface area contributed by atoms with Crippen LogP contribution in [0.15, 0.2) is 18.3 Å². The zero-order valence-corrected chi connectivity index (χ0v) is 11.6. The molecule has 19 heavy (non-hydrogen) atoms. The Hall–Kier alpha value is -2.01. The van der Waals surface area contributed by atoms with Crippen molar-refractivity contribution in [2.24, 2.45) is 7.05 Å².